The average molecular weight is 435 g/mol. The van der Waals surface area contributed by atoms with Gasteiger partial charge in [-0.25, -0.2) is 4.98 Å². The fraction of sp³-hybridized carbons (Fsp3) is 0.304. The van der Waals surface area contributed by atoms with E-state index in [-0.39, 0.29) is 22.9 Å². The first-order valence-corrected chi connectivity index (χ1v) is 10.4. The zero-order valence-electron chi connectivity index (χ0n) is 17.9. The smallest absolute Gasteiger partial charge is 0.293 e. The van der Waals surface area contributed by atoms with Crippen LogP contribution in [0, 0.1) is 10.1 Å². The molecule has 2 heterocycles. The van der Waals surface area contributed by atoms with Crippen LogP contribution in [0.3, 0.4) is 0 Å². The van der Waals surface area contributed by atoms with Gasteiger partial charge in [-0.15, -0.1) is 0 Å². The van der Waals surface area contributed by atoms with E-state index < -0.39 is 4.92 Å². The Balaban J connectivity index is 1.47. The van der Waals surface area contributed by atoms with E-state index in [2.05, 4.69) is 27.3 Å². The van der Waals surface area contributed by atoms with E-state index in [1.54, 1.807) is 29.9 Å². The topological polar surface area (TPSA) is 103 Å². The third-order valence-corrected chi connectivity index (χ3v) is 5.47. The molecule has 9 nitrogen and oxygen atoms in total. The summed E-state index contributed by atoms with van der Waals surface area (Å²) in [6.45, 7) is 4.62. The fourth-order valence-corrected chi connectivity index (χ4v) is 3.74. The monoisotopic (exact) mass is 435 g/mol. The molecule has 4 rings (SSSR count). The maximum Gasteiger partial charge on any atom is 0.293 e. The number of aromatic nitrogens is 2. The molecule has 0 aliphatic carbocycles. The first-order chi connectivity index (χ1) is 15.5. The SMILES string of the molecule is Cn1ccnc1C(=O)c1ccc(NCc2cccc(CN3CCOCC3)c2)c([N+](=O)[O-])c1. The zero-order valence-corrected chi connectivity index (χ0v) is 17.9. The molecule has 1 fully saturated rings. The van der Waals surface area contributed by atoms with E-state index in [4.69, 9.17) is 4.74 Å². The molecule has 0 bridgehead atoms. The molecule has 32 heavy (non-hydrogen) atoms. The highest BCUT2D eigenvalue weighted by atomic mass is 16.6. The number of benzene rings is 2. The number of ketones is 1. The van der Waals surface area contributed by atoms with Crippen LogP contribution in [-0.2, 0) is 24.9 Å². The summed E-state index contributed by atoms with van der Waals surface area (Å²) in [5.74, 6) is -0.125. The highest BCUT2D eigenvalue weighted by molar-refractivity contribution is 6.07. The summed E-state index contributed by atoms with van der Waals surface area (Å²) in [7, 11) is 1.71. The standard InChI is InChI=1S/C23H25N5O4/c1-26-8-7-24-23(26)22(29)19-5-6-20(21(14-19)28(30)31)25-15-17-3-2-4-18(13-17)16-27-9-11-32-12-10-27/h2-8,13-14,25H,9-12,15-16H2,1H3. The maximum absolute atomic E-state index is 12.7. The lowest BCUT2D eigenvalue weighted by Gasteiger charge is -2.26. The Hall–Kier alpha value is -3.56. The van der Waals surface area contributed by atoms with Gasteiger partial charge in [0, 0.05) is 57.3 Å². The number of hydrogen-bond acceptors (Lipinski definition) is 7. The number of ether oxygens (including phenoxy) is 1. The second-order valence-corrected chi connectivity index (χ2v) is 7.74. The van der Waals surface area contributed by atoms with Crippen LogP contribution < -0.4 is 5.32 Å². The predicted octanol–water partition coefficient (Wildman–Crippen LogP) is 3.00. The highest BCUT2D eigenvalue weighted by Crippen LogP contribution is 2.27. The Morgan fingerprint density at radius 1 is 1.19 bits per heavy atom. The van der Waals surface area contributed by atoms with E-state index in [9.17, 15) is 14.9 Å². The molecule has 2 aromatic carbocycles. The minimum Gasteiger partial charge on any atom is -0.379 e. The summed E-state index contributed by atoms with van der Waals surface area (Å²) in [5, 5.41) is 14.8. The largest absolute Gasteiger partial charge is 0.379 e. The number of hydrogen-bond donors (Lipinski definition) is 1. The van der Waals surface area contributed by atoms with Crippen molar-refractivity contribution in [3.8, 4) is 0 Å². The Morgan fingerprint density at radius 3 is 2.69 bits per heavy atom. The fourth-order valence-electron chi connectivity index (χ4n) is 3.74. The van der Waals surface area contributed by atoms with Crippen LogP contribution in [0.2, 0.25) is 0 Å². The lowest BCUT2D eigenvalue weighted by Crippen LogP contribution is -2.35. The minimum absolute atomic E-state index is 0.144. The van der Waals surface area contributed by atoms with Gasteiger partial charge in [0.1, 0.15) is 5.69 Å². The summed E-state index contributed by atoms with van der Waals surface area (Å²) in [4.78, 5) is 30.2. The van der Waals surface area contributed by atoms with E-state index in [1.165, 1.54) is 17.8 Å². The van der Waals surface area contributed by atoms with E-state index >= 15 is 0 Å². The third-order valence-electron chi connectivity index (χ3n) is 5.47. The van der Waals surface area contributed by atoms with Gasteiger partial charge in [-0.2, -0.15) is 0 Å². The van der Waals surface area contributed by atoms with Gasteiger partial charge in [0.05, 0.1) is 18.1 Å². The number of carbonyl (C=O) groups is 1. The molecule has 0 amide bonds. The molecule has 1 aliphatic rings. The average Bonchev–Trinajstić information content (AvgIpc) is 3.24. The number of nitro groups is 1. The molecule has 0 spiro atoms. The van der Waals surface area contributed by atoms with Crippen LogP contribution in [0.4, 0.5) is 11.4 Å². The molecular weight excluding hydrogens is 410 g/mol. The number of nitrogens with one attached hydrogen (secondary N) is 1. The van der Waals surface area contributed by atoms with Crippen molar-refractivity contribution in [1.82, 2.24) is 14.5 Å². The molecule has 0 atom stereocenters. The Bertz CT molecular complexity index is 1120. The summed E-state index contributed by atoms with van der Waals surface area (Å²) in [6.07, 6.45) is 3.18. The number of rotatable bonds is 8. The van der Waals surface area contributed by atoms with Crippen molar-refractivity contribution in [2.75, 3.05) is 31.6 Å². The van der Waals surface area contributed by atoms with Gasteiger partial charge >= 0.3 is 0 Å². The molecule has 1 saturated heterocycles. The summed E-state index contributed by atoms with van der Waals surface area (Å²) < 4.78 is 6.98. The molecule has 0 radical (unpaired) electrons. The van der Waals surface area contributed by atoms with Crippen molar-refractivity contribution >= 4 is 17.2 Å². The van der Waals surface area contributed by atoms with Crippen LogP contribution in [0.1, 0.15) is 27.3 Å². The number of anilines is 1. The number of nitro benzene ring substituents is 1. The van der Waals surface area contributed by atoms with Gasteiger partial charge in [0.2, 0.25) is 5.78 Å². The maximum atomic E-state index is 12.7. The second kappa shape index (κ2) is 9.71. The second-order valence-electron chi connectivity index (χ2n) is 7.74. The van der Waals surface area contributed by atoms with Gasteiger partial charge in [-0.1, -0.05) is 24.3 Å². The summed E-state index contributed by atoms with van der Waals surface area (Å²) >= 11 is 0. The summed E-state index contributed by atoms with van der Waals surface area (Å²) in [5.41, 5.74) is 2.67. The molecule has 0 saturated carbocycles. The molecular formula is C23H25N5O4. The van der Waals surface area contributed by atoms with Crippen LogP contribution in [0.25, 0.3) is 0 Å². The quantitative estimate of drug-likeness (QED) is 0.330. The molecule has 166 valence electrons. The lowest BCUT2D eigenvalue weighted by atomic mass is 10.1. The van der Waals surface area contributed by atoms with Crippen molar-refractivity contribution < 1.29 is 14.5 Å². The normalized spacial score (nSPS) is 14.3. The van der Waals surface area contributed by atoms with E-state index in [1.807, 2.05) is 12.1 Å². The molecule has 3 aromatic rings. The van der Waals surface area contributed by atoms with Gasteiger partial charge in [0.15, 0.2) is 5.82 Å². The van der Waals surface area contributed by atoms with Crippen LogP contribution >= 0.6 is 0 Å². The van der Waals surface area contributed by atoms with E-state index in [0.717, 1.165) is 38.4 Å². The lowest BCUT2D eigenvalue weighted by molar-refractivity contribution is -0.384. The van der Waals surface area contributed by atoms with Gasteiger partial charge < -0.3 is 14.6 Å². The first-order valence-electron chi connectivity index (χ1n) is 10.4. The van der Waals surface area contributed by atoms with Crippen molar-refractivity contribution in [2.24, 2.45) is 7.05 Å². The number of nitrogens with zero attached hydrogens (tertiary/aromatic N) is 4. The van der Waals surface area contributed by atoms with Crippen molar-refractivity contribution in [3.05, 3.63) is 87.5 Å². The molecule has 1 aromatic heterocycles. The Kier molecular flexibility index (Phi) is 6.58. The van der Waals surface area contributed by atoms with Gasteiger partial charge in [-0.05, 0) is 23.3 Å². The van der Waals surface area contributed by atoms with Crippen molar-refractivity contribution in [1.29, 1.82) is 0 Å². The van der Waals surface area contributed by atoms with Gasteiger partial charge in [-0.3, -0.25) is 19.8 Å². The molecule has 1 aliphatic heterocycles. The third kappa shape index (κ3) is 5.01. The molecule has 9 heteroatoms. The summed E-state index contributed by atoms with van der Waals surface area (Å²) in [6, 6.07) is 12.6. The number of carbonyl (C=O) groups excluding carboxylic acids is 1. The number of aryl methyl sites for hydroxylation is 1. The first kappa shape index (κ1) is 21.7. The van der Waals surface area contributed by atoms with E-state index in [0.29, 0.717) is 12.2 Å². The predicted molar refractivity (Wildman–Crippen MR) is 120 cm³/mol. The van der Waals surface area contributed by atoms with Crippen LogP contribution in [-0.4, -0.2) is 51.5 Å². The van der Waals surface area contributed by atoms with Crippen LogP contribution in [0.5, 0.6) is 0 Å². The molecule has 0 unspecified atom stereocenters. The van der Waals surface area contributed by atoms with Crippen molar-refractivity contribution in [2.45, 2.75) is 13.1 Å². The number of imidazole rings is 1. The number of morpholine rings is 1. The van der Waals surface area contributed by atoms with Crippen molar-refractivity contribution in [3.63, 3.8) is 0 Å². The minimum atomic E-state index is -0.480. The molecule has 1 N–H and O–H groups in total. The Morgan fingerprint density at radius 2 is 1.97 bits per heavy atom. The Labute approximate surface area is 185 Å². The van der Waals surface area contributed by atoms with Gasteiger partial charge in [0.25, 0.3) is 5.69 Å². The van der Waals surface area contributed by atoms with Crippen LogP contribution in [0.15, 0.2) is 54.9 Å². The highest BCUT2D eigenvalue weighted by Gasteiger charge is 2.20. The zero-order chi connectivity index (χ0) is 22.5.